The average Bonchev–Trinajstić information content (AvgIpc) is 2.59. The van der Waals surface area contributed by atoms with Crippen LogP contribution in [0.4, 0.5) is 0 Å². The number of amides is 1. The van der Waals surface area contributed by atoms with Crippen LogP contribution in [0.15, 0.2) is 41.3 Å². The standard InChI is InChI=1S/C19H19NO5S/c1-12-3-6-16(26(2,24)25)10-17(12)18(21)20-8-7-13-4-5-14(19(22)23)9-15(13)11-20/h3-6,9-10H,7-8,11H2,1-2H3,(H,22,23). The highest BCUT2D eigenvalue weighted by Gasteiger charge is 2.24. The molecule has 0 atom stereocenters. The fraction of sp³-hybridized carbons (Fsp3) is 0.263. The van der Waals surface area contributed by atoms with Crippen LogP contribution in [-0.2, 0) is 22.8 Å². The molecule has 0 spiro atoms. The van der Waals surface area contributed by atoms with Crippen molar-refractivity contribution < 1.29 is 23.1 Å². The first kappa shape index (κ1) is 18.1. The van der Waals surface area contributed by atoms with Crippen molar-refractivity contribution in [2.45, 2.75) is 24.8 Å². The number of benzene rings is 2. The zero-order valence-electron chi connectivity index (χ0n) is 14.5. The fourth-order valence-electron chi connectivity index (χ4n) is 3.10. The number of carbonyl (C=O) groups is 2. The molecule has 7 heteroatoms. The van der Waals surface area contributed by atoms with Gasteiger partial charge in [0.05, 0.1) is 10.5 Å². The van der Waals surface area contributed by atoms with Crippen LogP contribution in [0.3, 0.4) is 0 Å². The van der Waals surface area contributed by atoms with E-state index in [1.54, 1.807) is 36.1 Å². The molecule has 0 saturated heterocycles. The maximum atomic E-state index is 12.9. The second-order valence-corrected chi connectivity index (χ2v) is 8.53. The molecular formula is C19H19NO5S. The molecule has 0 radical (unpaired) electrons. The molecule has 0 saturated carbocycles. The highest BCUT2D eigenvalue weighted by molar-refractivity contribution is 7.90. The van der Waals surface area contributed by atoms with Gasteiger partial charge in [-0.05, 0) is 54.3 Å². The number of hydrogen-bond donors (Lipinski definition) is 1. The number of rotatable bonds is 3. The van der Waals surface area contributed by atoms with E-state index >= 15 is 0 Å². The number of fused-ring (bicyclic) bond motifs is 1. The van der Waals surface area contributed by atoms with Crippen molar-refractivity contribution in [1.29, 1.82) is 0 Å². The Morgan fingerprint density at radius 3 is 2.46 bits per heavy atom. The van der Waals surface area contributed by atoms with Crippen molar-refractivity contribution >= 4 is 21.7 Å². The number of sulfone groups is 1. The predicted octanol–water partition coefficient (Wildman–Crippen LogP) is 2.30. The van der Waals surface area contributed by atoms with Gasteiger partial charge in [0.25, 0.3) is 5.91 Å². The summed E-state index contributed by atoms with van der Waals surface area (Å²) in [5, 5.41) is 9.15. The van der Waals surface area contributed by atoms with Gasteiger partial charge in [-0.3, -0.25) is 4.79 Å². The number of carbonyl (C=O) groups excluding carboxylic acids is 1. The Hall–Kier alpha value is -2.67. The summed E-state index contributed by atoms with van der Waals surface area (Å²) < 4.78 is 23.6. The molecule has 0 fully saturated rings. The molecule has 0 unspecified atom stereocenters. The van der Waals surface area contributed by atoms with Crippen LogP contribution in [0.5, 0.6) is 0 Å². The maximum absolute atomic E-state index is 12.9. The van der Waals surface area contributed by atoms with Gasteiger partial charge in [0.15, 0.2) is 9.84 Å². The minimum atomic E-state index is -3.41. The van der Waals surface area contributed by atoms with E-state index in [0.717, 1.165) is 17.4 Å². The molecule has 2 aromatic rings. The van der Waals surface area contributed by atoms with Crippen LogP contribution in [0.1, 0.15) is 37.4 Å². The van der Waals surface area contributed by atoms with Crippen molar-refractivity contribution in [3.63, 3.8) is 0 Å². The van der Waals surface area contributed by atoms with Crippen molar-refractivity contribution in [2.75, 3.05) is 12.8 Å². The third-order valence-corrected chi connectivity index (χ3v) is 5.73. The van der Waals surface area contributed by atoms with Gasteiger partial charge in [-0.2, -0.15) is 0 Å². The summed E-state index contributed by atoms with van der Waals surface area (Å²) in [4.78, 5) is 25.8. The predicted molar refractivity (Wildman–Crippen MR) is 96.1 cm³/mol. The Morgan fingerprint density at radius 2 is 1.81 bits per heavy atom. The van der Waals surface area contributed by atoms with E-state index in [1.807, 2.05) is 0 Å². The van der Waals surface area contributed by atoms with Gasteiger partial charge in [0.1, 0.15) is 0 Å². The molecule has 1 heterocycles. The maximum Gasteiger partial charge on any atom is 0.335 e. The molecular weight excluding hydrogens is 354 g/mol. The van der Waals surface area contributed by atoms with Gasteiger partial charge >= 0.3 is 5.97 Å². The Bertz CT molecular complexity index is 1010. The van der Waals surface area contributed by atoms with E-state index in [4.69, 9.17) is 5.11 Å². The molecule has 1 aliphatic rings. The van der Waals surface area contributed by atoms with E-state index in [2.05, 4.69) is 0 Å². The van der Waals surface area contributed by atoms with E-state index in [-0.39, 0.29) is 16.4 Å². The van der Waals surface area contributed by atoms with Gasteiger partial charge in [-0.15, -0.1) is 0 Å². The first-order valence-electron chi connectivity index (χ1n) is 8.12. The molecule has 3 rings (SSSR count). The lowest BCUT2D eigenvalue weighted by atomic mass is 9.96. The monoisotopic (exact) mass is 373 g/mol. The van der Waals surface area contributed by atoms with Crippen LogP contribution in [0.25, 0.3) is 0 Å². The van der Waals surface area contributed by atoms with Crippen molar-refractivity contribution in [3.05, 3.63) is 64.2 Å². The first-order chi connectivity index (χ1) is 12.2. The molecule has 1 amide bonds. The highest BCUT2D eigenvalue weighted by Crippen LogP contribution is 2.24. The van der Waals surface area contributed by atoms with Gasteiger partial charge in [0, 0.05) is 24.9 Å². The molecule has 2 aromatic carbocycles. The summed E-state index contributed by atoms with van der Waals surface area (Å²) in [6.07, 6.45) is 1.74. The molecule has 0 aliphatic carbocycles. The molecule has 26 heavy (non-hydrogen) atoms. The SMILES string of the molecule is Cc1ccc(S(C)(=O)=O)cc1C(=O)N1CCc2ccc(C(=O)O)cc2C1. The number of nitrogens with zero attached hydrogens (tertiary/aromatic N) is 1. The normalized spacial score (nSPS) is 14.0. The second kappa shape index (κ2) is 6.57. The third kappa shape index (κ3) is 3.48. The zero-order valence-corrected chi connectivity index (χ0v) is 15.3. The molecule has 136 valence electrons. The number of hydrogen-bond acceptors (Lipinski definition) is 4. The minimum absolute atomic E-state index is 0.108. The van der Waals surface area contributed by atoms with Gasteiger partial charge in [-0.1, -0.05) is 12.1 Å². The van der Waals surface area contributed by atoms with E-state index < -0.39 is 15.8 Å². The van der Waals surface area contributed by atoms with Crippen LogP contribution >= 0.6 is 0 Å². The summed E-state index contributed by atoms with van der Waals surface area (Å²) in [6.45, 7) is 2.57. The largest absolute Gasteiger partial charge is 0.478 e. The summed E-state index contributed by atoms with van der Waals surface area (Å²) >= 11 is 0. The smallest absolute Gasteiger partial charge is 0.335 e. The topological polar surface area (TPSA) is 91.8 Å². The number of aryl methyl sites for hydroxylation is 1. The molecule has 0 aromatic heterocycles. The highest BCUT2D eigenvalue weighted by atomic mass is 32.2. The minimum Gasteiger partial charge on any atom is -0.478 e. The van der Waals surface area contributed by atoms with E-state index in [1.165, 1.54) is 12.1 Å². The Kier molecular flexibility index (Phi) is 4.58. The van der Waals surface area contributed by atoms with Gasteiger partial charge < -0.3 is 10.0 Å². The zero-order chi connectivity index (χ0) is 19.1. The van der Waals surface area contributed by atoms with E-state index in [9.17, 15) is 18.0 Å². The Morgan fingerprint density at radius 1 is 1.08 bits per heavy atom. The van der Waals surface area contributed by atoms with Gasteiger partial charge in [-0.25, -0.2) is 13.2 Å². The third-order valence-electron chi connectivity index (χ3n) is 4.62. The van der Waals surface area contributed by atoms with Crippen LogP contribution in [0.2, 0.25) is 0 Å². The van der Waals surface area contributed by atoms with Crippen LogP contribution in [-0.4, -0.2) is 43.1 Å². The Labute approximate surface area is 152 Å². The fourth-order valence-corrected chi connectivity index (χ4v) is 3.74. The lowest BCUT2D eigenvalue weighted by Gasteiger charge is -2.29. The van der Waals surface area contributed by atoms with Crippen molar-refractivity contribution in [3.8, 4) is 0 Å². The molecule has 1 N–H and O–H groups in total. The lowest BCUT2D eigenvalue weighted by Crippen LogP contribution is -2.36. The summed E-state index contributed by atoms with van der Waals surface area (Å²) in [7, 11) is -3.41. The van der Waals surface area contributed by atoms with Gasteiger partial charge in [0.2, 0.25) is 0 Å². The number of aromatic carboxylic acids is 1. The van der Waals surface area contributed by atoms with Crippen molar-refractivity contribution in [1.82, 2.24) is 4.90 Å². The molecule has 1 aliphatic heterocycles. The number of carboxylic acid groups (broad SMARTS) is 1. The summed E-state index contributed by atoms with van der Waals surface area (Å²) in [6, 6.07) is 9.48. The lowest BCUT2D eigenvalue weighted by molar-refractivity contribution is 0.0696. The average molecular weight is 373 g/mol. The summed E-state index contributed by atoms with van der Waals surface area (Å²) in [5.74, 6) is -1.26. The van der Waals surface area contributed by atoms with E-state index in [0.29, 0.717) is 30.6 Å². The molecule has 0 bridgehead atoms. The molecule has 6 nitrogen and oxygen atoms in total. The second-order valence-electron chi connectivity index (χ2n) is 6.51. The quantitative estimate of drug-likeness (QED) is 0.891. The van der Waals surface area contributed by atoms with Crippen molar-refractivity contribution in [2.24, 2.45) is 0 Å². The first-order valence-corrected chi connectivity index (χ1v) is 10.0. The van der Waals surface area contributed by atoms with Crippen LogP contribution in [0, 0.1) is 6.92 Å². The Balaban J connectivity index is 1.93. The number of carboxylic acids is 1. The summed E-state index contributed by atoms with van der Waals surface area (Å²) in [5.41, 5.74) is 3.08. The van der Waals surface area contributed by atoms with Crippen LogP contribution < -0.4 is 0 Å².